The summed E-state index contributed by atoms with van der Waals surface area (Å²) in [7, 11) is -4.11. The Hall–Kier alpha value is -3.18. The van der Waals surface area contributed by atoms with Crippen molar-refractivity contribution in [1.29, 1.82) is 0 Å². The van der Waals surface area contributed by atoms with Crippen LogP contribution < -0.4 is 19.5 Å². The van der Waals surface area contributed by atoms with Crippen molar-refractivity contribution in [2.24, 2.45) is 5.92 Å². The molecule has 1 heterocycles. The Kier molecular flexibility index (Phi) is 7.31. The minimum atomic E-state index is -4.11. The fourth-order valence-electron chi connectivity index (χ4n) is 2.86. The van der Waals surface area contributed by atoms with Crippen LogP contribution in [0.15, 0.2) is 47.4 Å². The van der Waals surface area contributed by atoms with Gasteiger partial charge in [0.1, 0.15) is 25.1 Å². The summed E-state index contributed by atoms with van der Waals surface area (Å²) in [5.74, 6) is -2.11. The molecule has 3 rings (SSSR count). The summed E-state index contributed by atoms with van der Waals surface area (Å²) in [6.45, 7) is 3.19. The molecule has 0 aromatic heterocycles. The fraction of sp³-hybridized carbons (Fsp3) is 0.333. The SMILES string of the molecule is CC(C)C(NS(=O)(=O)c1ccc2c(c1)OCCO2)C(=O)OCC(=O)Nc1ccccc1F. The van der Waals surface area contributed by atoms with Gasteiger partial charge in [-0.2, -0.15) is 4.72 Å². The average molecular weight is 466 g/mol. The highest BCUT2D eigenvalue weighted by Crippen LogP contribution is 2.32. The first-order chi connectivity index (χ1) is 15.2. The van der Waals surface area contributed by atoms with Crippen LogP contribution in [0, 0.1) is 11.7 Å². The highest BCUT2D eigenvalue weighted by molar-refractivity contribution is 7.89. The minimum Gasteiger partial charge on any atom is -0.486 e. The third-order valence-corrected chi connectivity index (χ3v) is 5.96. The highest BCUT2D eigenvalue weighted by Gasteiger charge is 2.31. The second-order valence-electron chi connectivity index (χ2n) is 7.28. The number of amides is 1. The Balaban J connectivity index is 1.64. The number of ether oxygens (including phenoxy) is 3. The summed E-state index contributed by atoms with van der Waals surface area (Å²) in [4.78, 5) is 24.4. The van der Waals surface area contributed by atoms with E-state index in [1.165, 1.54) is 42.5 Å². The van der Waals surface area contributed by atoms with Crippen LogP contribution in [0.25, 0.3) is 0 Å². The van der Waals surface area contributed by atoms with E-state index < -0.39 is 46.3 Å². The van der Waals surface area contributed by atoms with E-state index in [0.717, 1.165) is 0 Å². The van der Waals surface area contributed by atoms with E-state index in [-0.39, 0.29) is 16.3 Å². The van der Waals surface area contributed by atoms with Crippen LogP contribution in [0.2, 0.25) is 0 Å². The molecule has 0 aliphatic carbocycles. The van der Waals surface area contributed by atoms with Crippen LogP contribution in [0.1, 0.15) is 13.8 Å². The smallest absolute Gasteiger partial charge is 0.324 e. The van der Waals surface area contributed by atoms with Crippen molar-refractivity contribution in [3.8, 4) is 11.5 Å². The van der Waals surface area contributed by atoms with Crippen LogP contribution in [0.4, 0.5) is 10.1 Å². The predicted molar refractivity (Wildman–Crippen MR) is 112 cm³/mol. The number of fused-ring (bicyclic) bond motifs is 1. The molecule has 1 unspecified atom stereocenters. The molecule has 9 nitrogen and oxygen atoms in total. The van der Waals surface area contributed by atoms with Gasteiger partial charge in [0.2, 0.25) is 10.0 Å². The van der Waals surface area contributed by atoms with Gasteiger partial charge in [-0.25, -0.2) is 12.8 Å². The molecule has 0 spiro atoms. The van der Waals surface area contributed by atoms with Crippen molar-refractivity contribution >= 4 is 27.6 Å². The molecule has 0 saturated heterocycles. The van der Waals surface area contributed by atoms with Gasteiger partial charge in [0.05, 0.1) is 10.6 Å². The number of carbonyl (C=O) groups excluding carboxylic acids is 2. The van der Waals surface area contributed by atoms with Crippen molar-refractivity contribution < 1.29 is 36.6 Å². The third-order valence-electron chi connectivity index (χ3n) is 4.52. The van der Waals surface area contributed by atoms with E-state index in [2.05, 4.69) is 10.0 Å². The Morgan fingerprint density at radius 2 is 1.78 bits per heavy atom. The van der Waals surface area contributed by atoms with Gasteiger partial charge >= 0.3 is 5.97 Å². The molecule has 1 aliphatic heterocycles. The Bertz CT molecular complexity index is 1110. The molecule has 172 valence electrons. The first kappa shape index (κ1) is 23.5. The quantitative estimate of drug-likeness (QED) is 0.572. The molecule has 2 aromatic carbocycles. The molecule has 2 N–H and O–H groups in total. The normalized spacial score (nSPS) is 14.0. The maximum absolute atomic E-state index is 13.6. The number of anilines is 1. The first-order valence-electron chi connectivity index (χ1n) is 9.80. The number of carbonyl (C=O) groups is 2. The van der Waals surface area contributed by atoms with Gasteiger partial charge in [-0.3, -0.25) is 9.59 Å². The highest BCUT2D eigenvalue weighted by atomic mass is 32.2. The van der Waals surface area contributed by atoms with E-state index >= 15 is 0 Å². The molecule has 0 bridgehead atoms. The standard InChI is InChI=1S/C21H23FN2O7S/c1-13(2)20(21(26)31-12-19(25)23-16-6-4-3-5-15(16)22)24-32(27,28)14-7-8-17-18(11-14)30-10-9-29-17/h3-8,11,13,20,24H,9-10,12H2,1-2H3,(H,23,25). The maximum Gasteiger partial charge on any atom is 0.324 e. The number of halogens is 1. The lowest BCUT2D eigenvalue weighted by molar-refractivity contribution is -0.150. The summed E-state index contributed by atoms with van der Waals surface area (Å²) in [6.07, 6.45) is 0. The number of hydrogen-bond donors (Lipinski definition) is 2. The number of nitrogens with one attached hydrogen (secondary N) is 2. The monoisotopic (exact) mass is 466 g/mol. The van der Waals surface area contributed by atoms with Crippen molar-refractivity contribution in [3.63, 3.8) is 0 Å². The number of rotatable bonds is 8. The van der Waals surface area contributed by atoms with Gasteiger partial charge in [0.15, 0.2) is 18.1 Å². The molecule has 1 atom stereocenters. The van der Waals surface area contributed by atoms with Gasteiger partial charge in [0, 0.05) is 6.07 Å². The number of para-hydroxylation sites is 1. The molecule has 32 heavy (non-hydrogen) atoms. The van der Waals surface area contributed by atoms with E-state index in [1.807, 2.05) is 0 Å². The summed E-state index contributed by atoms with van der Waals surface area (Å²) < 4.78 is 57.3. The minimum absolute atomic E-state index is 0.0618. The number of benzene rings is 2. The Morgan fingerprint density at radius 3 is 2.47 bits per heavy atom. The molecule has 11 heteroatoms. The Morgan fingerprint density at radius 1 is 1.09 bits per heavy atom. The summed E-state index contributed by atoms with van der Waals surface area (Å²) >= 11 is 0. The largest absolute Gasteiger partial charge is 0.486 e. The fourth-order valence-corrected chi connectivity index (χ4v) is 4.21. The molecule has 0 saturated carbocycles. The van der Waals surface area contributed by atoms with Gasteiger partial charge < -0.3 is 19.5 Å². The topological polar surface area (TPSA) is 120 Å². The van der Waals surface area contributed by atoms with Crippen LogP contribution in [-0.2, 0) is 24.3 Å². The van der Waals surface area contributed by atoms with Crippen LogP contribution in [-0.4, -0.2) is 46.2 Å². The second kappa shape index (κ2) is 9.96. The molecular formula is C21H23FN2O7S. The number of hydrogen-bond acceptors (Lipinski definition) is 7. The molecule has 0 fully saturated rings. The maximum atomic E-state index is 13.6. The van der Waals surface area contributed by atoms with E-state index in [1.54, 1.807) is 13.8 Å². The summed E-state index contributed by atoms with van der Waals surface area (Å²) in [5, 5.41) is 2.28. The zero-order valence-corrected chi connectivity index (χ0v) is 18.3. The molecular weight excluding hydrogens is 443 g/mol. The lowest BCUT2D eigenvalue weighted by Crippen LogP contribution is -2.45. The van der Waals surface area contributed by atoms with Crippen LogP contribution >= 0.6 is 0 Å². The number of sulfonamides is 1. The van der Waals surface area contributed by atoms with Gasteiger partial charge in [-0.1, -0.05) is 26.0 Å². The van der Waals surface area contributed by atoms with Crippen molar-refractivity contribution in [2.75, 3.05) is 25.1 Å². The molecule has 1 aliphatic rings. The van der Waals surface area contributed by atoms with Crippen molar-refractivity contribution in [2.45, 2.75) is 24.8 Å². The zero-order valence-electron chi connectivity index (χ0n) is 17.5. The van der Waals surface area contributed by atoms with Gasteiger partial charge in [0.25, 0.3) is 5.91 Å². The van der Waals surface area contributed by atoms with Crippen molar-refractivity contribution in [3.05, 3.63) is 48.3 Å². The first-order valence-corrected chi connectivity index (χ1v) is 11.3. The van der Waals surface area contributed by atoms with E-state index in [4.69, 9.17) is 14.2 Å². The lowest BCUT2D eigenvalue weighted by Gasteiger charge is -2.22. The predicted octanol–water partition coefficient (Wildman–Crippen LogP) is 2.08. The van der Waals surface area contributed by atoms with Crippen LogP contribution in [0.5, 0.6) is 11.5 Å². The second-order valence-corrected chi connectivity index (χ2v) is 9.00. The van der Waals surface area contributed by atoms with Crippen LogP contribution in [0.3, 0.4) is 0 Å². The van der Waals surface area contributed by atoms with E-state index in [0.29, 0.717) is 19.0 Å². The summed E-state index contributed by atoms with van der Waals surface area (Å²) in [6, 6.07) is 8.38. The van der Waals surface area contributed by atoms with E-state index in [9.17, 15) is 22.4 Å². The van der Waals surface area contributed by atoms with Crippen molar-refractivity contribution in [1.82, 2.24) is 4.72 Å². The molecule has 2 aromatic rings. The van der Waals surface area contributed by atoms with Gasteiger partial charge in [-0.05, 0) is 30.2 Å². The number of esters is 1. The Labute approximate surface area is 184 Å². The average Bonchev–Trinajstić information content (AvgIpc) is 2.77. The third kappa shape index (κ3) is 5.74. The molecule has 1 amide bonds. The zero-order chi connectivity index (χ0) is 23.3. The lowest BCUT2D eigenvalue weighted by atomic mass is 10.1. The molecule has 0 radical (unpaired) electrons. The van der Waals surface area contributed by atoms with Gasteiger partial charge in [-0.15, -0.1) is 0 Å². The summed E-state index contributed by atoms with van der Waals surface area (Å²) in [5.41, 5.74) is -0.0618.